The Hall–Kier alpha value is -3.71. The monoisotopic (exact) mass is 609 g/mol. The number of nitrogens with zero attached hydrogens (tertiary/aromatic N) is 3. The fourth-order valence-corrected chi connectivity index (χ4v) is 3.87. The second-order valence-electron chi connectivity index (χ2n) is 8.33. The summed E-state index contributed by atoms with van der Waals surface area (Å²) in [7, 11) is 1.77. The van der Waals surface area contributed by atoms with Crippen molar-refractivity contribution in [2.24, 2.45) is 0 Å². The number of rotatable bonds is 12. The van der Waals surface area contributed by atoms with Crippen molar-refractivity contribution in [3.8, 4) is 5.75 Å². The quantitative estimate of drug-likeness (QED) is 0.158. The molecule has 2 aromatic carbocycles. The molecule has 9 nitrogen and oxygen atoms in total. The number of allylic oxidation sites excluding steroid dienone is 1. The second-order valence-corrected chi connectivity index (χ2v) is 9.25. The van der Waals surface area contributed by atoms with Crippen molar-refractivity contribution in [2.75, 3.05) is 44.0 Å². The number of hydrogen-bond acceptors (Lipinski definition) is 8. The first-order valence-corrected chi connectivity index (χ1v) is 12.7. The van der Waals surface area contributed by atoms with E-state index < -0.39 is 12.1 Å². The molecule has 0 fully saturated rings. The fourth-order valence-electron chi connectivity index (χ4n) is 3.47. The normalized spacial score (nSPS) is 11.7. The van der Waals surface area contributed by atoms with Crippen molar-refractivity contribution in [2.45, 2.75) is 19.5 Å². The summed E-state index contributed by atoms with van der Waals surface area (Å²) in [4.78, 5) is 34.2. The average molecular weight is 610 g/mol. The van der Waals surface area contributed by atoms with Crippen molar-refractivity contribution in [1.82, 2.24) is 14.9 Å². The van der Waals surface area contributed by atoms with Gasteiger partial charge >= 0.3 is 12.1 Å². The number of nitrogens with one attached hydrogen (secondary N) is 2. The molecular formula is C26H27BrF3N5O4. The van der Waals surface area contributed by atoms with Crippen LogP contribution in [-0.2, 0) is 14.3 Å². The Morgan fingerprint density at radius 1 is 1.18 bits per heavy atom. The lowest BCUT2D eigenvalue weighted by atomic mass is 10.1. The molecule has 0 aliphatic heterocycles. The topological polar surface area (TPSA) is 106 Å². The van der Waals surface area contributed by atoms with Gasteiger partial charge in [0.2, 0.25) is 5.91 Å². The first kappa shape index (κ1) is 29.8. The molecule has 0 spiro atoms. The number of anilines is 3. The lowest BCUT2D eigenvalue weighted by Gasteiger charge is -2.17. The zero-order chi connectivity index (χ0) is 28.4. The van der Waals surface area contributed by atoms with Crippen molar-refractivity contribution in [1.29, 1.82) is 0 Å². The number of carbonyl (C=O) groups is 2. The van der Waals surface area contributed by atoms with Crippen molar-refractivity contribution in [3.63, 3.8) is 0 Å². The van der Waals surface area contributed by atoms with E-state index in [4.69, 9.17) is 9.47 Å². The molecule has 2 N–H and O–H groups in total. The van der Waals surface area contributed by atoms with E-state index in [1.54, 1.807) is 24.9 Å². The lowest BCUT2D eigenvalue weighted by molar-refractivity contribution is -0.144. The van der Waals surface area contributed by atoms with E-state index in [2.05, 4.69) is 36.5 Å². The minimum absolute atomic E-state index is 0.126. The minimum Gasteiger partial charge on any atom is -0.491 e. The van der Waals surface area contributed by atoms with Gasteiger partial charge < -0.3 is 20.1 Å². The summed E-state index contributed by atoms with van der Waals surface area (Å²) in [5, 5.41) is 6.14. The van der Waals surface area contributed by atoms with E-state index in [9.17, 15) is 22.8 Å². The number of esters is 1. The van der Waals surface area contributed by atoms with E-state index in [1.165, 1.54) is 12.4 Å². The molecule has 0 radical (unpaired) electrons. The van der Waals surface area contributed by atoms with Gasteiger partial charge in [-0.25, -0.2) is 9.97 Å². The summed E-state index contributed by atoms with van der Waals surface area (Å²) in [6, 6.07) is 10.5. The molecule has 13 heteroatoms. The van der Waals surface area contributed by atoms with Gasteiger partial charge in [-0.05, 0) is 44.7 Å². The third-order valence-corrected chi connectivity index (χ3v) is 5.64. The Morgan fingerprint density at radius 2 is 1.97 bits per heavy atom. The van der Waals surface area contributed by atoms with Crippen molar-refractivity contribution in [3.05, 3.63) is 59.4 Å². The van der Waals surface area contributed by atoms with Crippen molar-refractivity contribution >= 4 is 55.9 Å². The first-order valence-electron chi connectivity index (χ1n) is 11.9. The summed E-state index contributed by atoms with van der Waals surface area (Å²) in [6.07, 6.45) is -2.49. The highest BCUT2D eigenvalue weighted by atomic mass is 79.9. The van der Waals surface area contributed by atoms with E-state index in [0.717, 1.165) is 10.2 Å². The Bertz CT molecular complexity index is 1340. The zero-order valence-corrected chi connectivity index (χ0v) is 22.8. The molecule has 0 bridgehead atoms. The SMILES string of the molecule is CCOC(=O)CN(C)CCCOc1cc2ncnc(Nc3cccc(Br)c3)c2cc1NC(=O)/C=C/C(F)(F)F. The molecule has 0 aliphatic rings. The van der Waals surface area contributed by atoms with Crippen molar-refractivity contribution < 1.29 is 32.2 Å². The van der Waals surface area contributed by atoms with Gasteiger partial charge in [0, 0.05) is 40.3 Å². The standard InChI is InChI=1S/C26H27BrF3N5O4/c1-3-38-24(37)15-35(2)10-5-11-39-22-14-20-19(13-21(22)34-23(36)8-9-26(28,29)30)25(32-16-31-20)33-18-7-4-6-17(27)12-18/h4,6-9,12-14,16H,3,5,10-11,15H2,1-2H3,(H,34,36)(H,31,32,33)/b9-8+. The number of alkyl halides is 3. The first-order chi connectivity index (χ1) is 18.5. The van der Waals surface area contributed by atoms with Gasteiger partial charge in [-0.3, -0.25) is 14.5 Å². The summed E-state index contributed by atoms with van der Waals surface area (Å²) in [5.41, 5.74) is 1.36. The molecule has 0 saturated carbocycles. The Morgan fingerprint density at radius 3 is 2.69 bits per heavy atom. The molecule has 0 aliphatic carbocycles. The Labute approximate surface area is 231 Å². The lowest BCUT2D eigenvalue weighted by Crippen LogP contribution is -2.29. The number of ether oxygens (including phenoxy) is 2. The van der Waals surface area contributed by atoms with Gasteiger partial charge in [0.05, 0.1) is 31.0 Å². The van der Waals surface area contributed by atoms with Gasteiger partial charge in [0.15, 0.2) is 0 Å². The summed E-state index contributed by atoms with van der Waals surface area (Å²) >= 11 is 3.41. The molecule has 0 saturated heterocycles. The maximum atomic E-state index is 12.6. The maximum Gasteiger partial charge on any atom is 0.409 e. The molecule has 1 amide bonds. The Balaban J connectivity index is 1.83. The second kappa shape index (κ2) is 13.9. The number of hydrogen-bond donors (Lipinski definition) is 2. The summed E-state index contributed by atoms with van der Waals surface area (Å²) in [5.74, 6) is -0.675. The van der Waals surface area contributed by atoms with Crippen LogP contribution in [0.3, 0.4) is 0 Å². The predicted octanol–water partition coefficient (Wildman–Crippen LogP) is 5.46. The predicted molar refractivity (Wildman–Crippen MR) is 145 cm³/mol. The highest BCUT2D eigenvalue weighted by molar-refractivity contribution is 9.10. The fraction of sp³-hybridized carbons (Fsp3) is 0.308. The molecule has 0 atom stereocenters. The van der Waals surface area contributed by atoms with Gasteiger partial charge in [-0.1, -0.05) is 22.0 Å². The van der Waals surface area contributed by atoms with Crippen LogP contribution in [0.2, 0.25) is 0 Å². The van der Waals surface area contributed by atoms with Crippen LogP contribution >= 0.6 is 15.9 Å². The van der Waals surface area contributed by atoms with Crippen LogP contribution in [-0.4, -0.2) is 66.3 Å². The number of likely N-dealkylation sites (N-methyl/N-ethyl adjacent to an activating group) is 1. The van der Waals surface area contributed by atoms with Crippen LogP contribution in [0.1, 0.15) is 13.3 Å². The third-order valence-electron chi connectivity index (χ3n) is 5.15. The van der Waals surface area contributed by atoms with Crippen LogP contribution in [0.4, 0.5) is 30.4 Å². The molecule has 0 unspecified atom stereocenters. The van der Waals surface area contributed by atoms with Crippen LogP contribution < -0.4 is 15.4 Å². The Kier molecular flexibility index (Phi) is 10.6. The van der Waals surface area contributed by atoms with Crippen LogP contribution in [0.5, 0.6) is 5.75 Å². The molecule has 208 valence electrons. The van der Waals surface area contributed by atoms with E-state index in [-0.39, 0.29) is 36.6 Å². The number of aromatic nitrogens is 2. The van der Waals surface area contributed by atoms with Crippen LogP contribution in [0.15, 0.2) is 59.4 Å². The molecule has 1 aromatic heterocycles. The summed E-state index contributed by atoms with van der Waals surface area (Å²) < 4.78 is 49.4. The minimum atomic E-state index is -4.63. The molecule has 39 heavy (non-hydrogen) atoms. The maximum absolute atomic E-state index is 12.6. The number of benzene rings is 2. The highest BCUT2D eigenvalue weighted by Gasteiger charge is 2.23. The number of carbonyl (C=O) groups excluding carboxylic acids is 2. The highest BCUT2D eigenvalue weighted by Crippen LogP contribution is 2.34. The van der Waals surface area contributed by atoms with E-state index in [0.29, 0.717) is 42.4 Å². The van der Waals surface area contributed by atoms with E-state index >= 15 is 0 Å². The van der Waals surface area contributed by atoms with E-state index in [1.807, 2.05) is 24.3 Å². The number of amides is 1. The summed E-state index contributed by atoms with van der Waals surface area (Å²) in [6.45, 7) is 2.88. The molecule has 3 aromatic rings. The van der Waals surface area contributed by atoms with Gasteiger partial charge in [0.1, 0.15) is 17.9 Å². The smallest absolute Gasteiger partial charge is 0.409 e. The number of fused-ring (bicyclic) bond motifs is 1. The largest absolute Gasteiger partial charge is 0.491 e. The van der Waals surface area contributed by atoms with Crippen LogP contribution in [0.25, 0.3) is 10.9 Å². The average Bonchev–Trinajstić information content (AvgIpc) is 2.85. The van der Waals surface area contributed by atoms with Crippen LogP contribution in [0, 0.1) is 0 Å². The molecule has 3 rings (SSSR count). The third kappa shape index (κ3) is 9.84. The van der Waals surface area contributed by atoms with Gasteiger partial charge in [-0.15, -0.1) is 0 Å². The van der Waals surface area contributed by atoms with Gasteiger partial charge in [0.25, 0.3) is 0 Å². The zero-order valence-electron chi connectivity index (χ0n) is 21.2. The molecule has 1 heterocycles. The number of halogens is 4. The van der Waals surface area contributed by atoms with Gasteiger partial charge in [-0.2, -0.15) is 13.2 Å². The molecular weight excluding hydrogens is 583 g/mol.